The van der Waals surface area contributed by atoms with Gasteiger partial charge in [0.25, 0.3) is 0 Å². The summed E-state index contributed by atoms with van der Waals surface area (Å²) in [6, 6.07) is 9.94. The van der Waals surface area contributed by atoms with Crippen LogP contribution in [0, 0.1) is 20.8 Å². The molecule has 0 aliphatic heterocycles. The van der Waals surface area contributed by atoms with E-state index in [1.54, 1.807) is 4.52 Å². The molecule has 0 unspecified atom stereocenters. The van der Waals surface area contributed by atoms with E-state index in [-0.39, 0.29) is 5.91 Å². The van der Waals surface area contributed by atoms with Gasteiger partial charge in [-0.2, -0.15) is 0 Å². The van der Waals surface area contributed by atoms with Crippen molar-refractivity contribution >= 4 is 28.7 Å². The molecule has 0 fully saturated rings. The van der Waals surface area contributed by atoms with Gasteiger partial charge in [-0.05, 0) is 39.0 Å². The summed E-state index contributed by atoms with van der Waals surface area (Å²) >= 11 is 0. The Morgan fingerprint density at radius 3 is 2.48 bits per heavy atom. The maximum absolute atomic E-state index is 11.6. The van der Waals surface area contributed by atoms with Crippen LogP contribution in [0.2, 0.25) is 0 Å². The predicted molar refractivity (Wildman–Crippen MR) is 91.2 cm³/mol. The molecule has 0 spiro atoms. The van der Waals surface area contributed by atoms with E-state index in [2.05, 4.69) is 20.7 Å². The van der Waals surface area contributed by atoms with Gasteiger partial charge in [0.2, 0.25) is 5.91 Å². The highest BCUT2D eigenvalue weighted by Crippen LogP contribution is 2.29. The van der Waals surface area contributed by atoms with Crippen LogP contribution in [0.15, 0.2) is 30.3 Å². The van der Waals surface area contributed by atoms with E-state index in [0.29, 0.717) is 17.2 Å². The summed E-state index contributed by atoms with van der Waals surface area (Å²) in [4.78, 5) is 16.1. The third-order valence-electron chi connectivity index (χ3n) is 3.51. The smallest absolute Gasteiger partial charge is 0.221 e. The molecular weight excluding hydrogens is 290 g/mol. The Balaban J connectivity index is 2.12. The maximum Gasteiger partial charge on any atom is 0.221 e. The lowest BCUT2D eigenvalue weighted by atomic mass is 10.2. The molecule has 3 aromatic rings. The lowest BCUT2D eigenvalue weighted by Gasteiger charge is -2.06. The van der Waals surface area contributed by atoms with Crippen LogP contribution in [0.4, 0.5) is 17.2 Å². The average Bonchev–Trinajstić information content (AvgIpc) is 2.79. The molecule has 1 amide bonds. The summed E-state index contributed by atoms with van der Waals surface area (Å²) in [6.45, 7) is 7.39. The van der Waals surface area contributed by atoms with Crippen molar-refractivity contribution in [2.24, 2.45) is 0 Å². The Labute approximate surface area is 134 Å². The first-order valence-electron chi connectivity index (χ1n) is 7.42. The van der Waals surface area contributed by atoms with Gasteiger partial charge in [0.1, 0.15) is 5.69 Å². The fraction of sp³-hybridized carbons (Fsp3) is 0.235. The Bertz CT molecular complexity index is 880. The van der Waals surface area contributed by atoms with Crippen LogP contribution in [0.5, 0.6) is 0 Å². The highest BCUT2D eigenvalue weighted by atomic mass is 16.1. The third-order valence-corrected chi connectivity index (χ3v) is 3.51. The van der Waals surface area contributed by atoms with Crippen molar-refractivity contribution in [3.63, 3.8) is 0 Å². The number of aromatic nitrogens is 3. The predicted octanol–water partition coefficient (Wildman–Crippen LogP) is 3.36. The Morgan fingerprint density at radius 1 is 1.13 bits per heavy atom. The molecule has 0 bridgehead atoms. The van der Waals surface area contributed by atoms with Crippen LogP contribution in [0.25, 0.3) is 5.65 Å². The largest absolute Gasteiger partial charge is 0.337 e. The zero-order chi connectivity index (χ0) is 16.6. The molecule has 0 atom stereocenters. The number of aryl methyl sites for hydroxylation is 3. The zero-order valence-corrected chi connectivity index (χ0v) is 13.6. The highest BCUT2D eigenvalue weighted by molar-refractivity contribution is 5.98. The van der Waals surface area contributed by atoms with Gasteiger partial charge < -0.3 is 10.6 Å². The van der Waals surface area contributed by atoms with Crippen molar-refractivity contribution in [2.75, 3.05) is 10.6 Å². The van der Waals surface area contributed by atoms with Crippen molar-refractivity contribution in [1.29, 1.82) is 0 Å². The Kier molecular flexibility index (Phi) is 3.73. The molecule has 3 rings (SSSR count). The number of fused-ring (bicyclic) bond motifs is 1. The van der Waals surface area contributed by atoms with E-state index in [1.807, 2.05) is 51.1 Å². The van der Waals surface area contributed by atoms with Crippen LogP contribution in [-0.4, -0.2) is 20.5 Å². The number of carbonyl (C=O) groups excluding carboxylic acids is 1. The molecule has 2 aromatic heterocycles. The van der Waals surface area contributed by atoms with E-state index in [1.165, 1.54) is 12.5 Å². The average molecular weight is 309 g/mol. The molecule has 0 saturated carbocycles. The van der Waals surface area contributed by atoms with Crippen molar-refractivity contribution in [3.8, 4) is 0 Å². The van der Waals surface area contributed by atoms with Gasteiger partial charge in [0, 0.05) is 24.0 Å². The number of carbonyl (C=O) groups is 1. The molecule has 0 aliphatic carbocycles. The molecule has 2 heterocycles. The van der Waals surface area contributed by atoms with Gasteiger partial charge in [-0.15, -0.1) is 5.10 Å². The SMILES string of the molecule is CC(=O)Nc1c(Nc2ccc(C)cc2)nn2c(C)cc(C)nc12. The molecule has 23 heavy (non-hydrogen) atoms. The normalized spacial score (nSPS) is 10.8. The van der Waals surface area contributed by atoms with Crippen LogP contribution in [-0.2, 0) is 4.79 Å². The molecule has 118 valence electrons. The number of hydrogen-bond donors (Lipinski definition) is 2. The number of nitrogens with zero attached hydrogens (tertiary/aromatic N) is 3. The van der Waals surface area contributed by atoms with Crippen molar-refractivity contribution in [3.05, 3.63) is 47.3 Å². The monoisotopic (exact) mass is 309 g/mol. The standard InChI is InChI=1S/C17H19N5O/c1-10-5-7-14(8-6-10)20-16-15(19-13(4)23)17-18-11(2)9-12(3)22(17)21-16/h5-9H,1-4H3,(H,19,23)(H,20,21). The minimum absolute atomic E-state index is 0.159. The number of rotatable bonds is 3. The molecule has 2 N–H and O–H groups in total. The fourth-order valence-corrected chi connectivity index (χ4v) is 2.47. The molecule has 0 saturated heterocycles. The second kappa shape index (κ2) is 5.72. The van der Waals surface area contributed by atoms with Gasteiger partial charge in [0.05, 0.1) is 0 Å². The van der Waals surface area contributed by atoms with Crippen LogP contribution < -0.4 is 10.6 Å². The molecule has 1 aromatic carbocycles. The second-order valence-electron chi connectivity index (χ2n) is 5.67. The summed E-state index contributed by atoms with van der Waals surface area (Å²) in [7, 11) is 0. The molecule has 6 nitrogen and oxygen atoms in total. The quantitative estimate of drug-likeness (QED) is 0.778. The van der Waals surface area contributed by atoms with E-state index >= 15 is 0 Å². The minimum atomic E-state index is -0.159. The number of amides is 1. The van der Waals surface area contributed by atoms with Gasteiger partial charge in [0.15, 0.2) is 11.5 Å². The number of benzene rings is 1. The van der Waals surface area contributed by atoms with E-state index in [4.69, 9.17) is 0 Å². The number of anilines is 3. The van der Waals surface area contributed by atoms with Gasteiger partial charge in [-0.25, -0.2) is 9.50 Å². The summed E-state index contributed by atoms with van der Waals surface area (Å²) in [5, 5.41) is 10.6. The van der Waals surface area contributed by atoms with Crippen molar-refractivity contribution in [1.82, 2.24) is 14.6 Å². The maximum atomic E-state index is 11.6. The molecule has 6 heteroatoms. The van der Waals surface area contributed by atoms with Crippen LogP contribution >= 0.6 is 0 Å². The van der Waals surface area contributed by atoms with Crippen LogP contribution in [0.1, 0.15) is 23.9 Å². The Morgan fingerprint density at radius 2 is 1.83 bits per heavy atom. The molecule has 0 aliphatic rings. The molecule has 0 radical (unpaired) electrons. The van der Waals surface area contributed by atoms with Gasteiger partial charge in [-0.1, -0.05) is 17.7 Å². The topological polar surface area (TPSA) is 71.3 Å². The van der Waals surface area contributed by atoms with Crippen LogP contribution in [0.3, 0.4) is 0 Å². The summed E-state index contributed by atoms with van der Waals surface area (Å²) in [5.41, 5.74) is 5.14. The first kappa shape index (κ1) is 15.0. The lowest BCUT2D eigenvalue weighted by Crippen LogP contribution is -2.08. The first-order chi connectivity index (χ1) is 10.9. The highest BCUT2D eigenvalue weighted by Gasteiger charge is 2.17. The third kappa shape index (κ3) is 3.01. The zero-order valence-electron chi connectivity index (χ0n) is 13.6. The molecular formula is C17H19N5O. The first-order valence-corrected chi connectivity index (χ1v) is 7.42. The van der Waals surface area contributed by atoms with E-state index in [9.17, 15) is 4.79 Å². The Hall–Kier alpha value is -2.89. The minimum Gasteiger partial charge on any atom is -0.337 e. The number of hydrogen-bond acceptors (Lipinski definition) is 4. The summed E-state index contributed by atoms with van der Waals surface area (Å²) in [5.74, 6) is 0.415. The summed E-state index contributed by atoms with van der Waals surface area (Å²) in [6.07, 6.45) is 0. The number of nitrogens with one attached hydrogen (secondary N) is 2. The van der Waals surface area contributed by atoms with Crippen molar-refractivity contribution < 1.29 is 4.79 Å². The summed E-state index contributed by atoms with van der Waals surface area (Å²) < 4.78 is 1.73. The van der Waals surface area contributed by atoms with E-state index in [0.717, 1.165) is 17.1 Å². The van der Waals surface area contributed by atoms with Gasteiger partial charge >= 0.3 is 0 Å². The van der Waals surface area contributed by atoms with Gasteiger partial charge in [-0.3, -0.25) is 4.79 Å². The second-order valence-corrected chi connectivity index (χ2v) is 5.67. The fourth-order valence-electron chi connectivity index (χ4n) is 2.47. The lowest BCUT2D eigenvalue weighted by molar-refractivity contribution is -0.114. The van der Waals surface area contributed by atoms with E-state index < -0.39 is 0 Å². The van der Waals surface area contributed by atoms with Crippen molar-refractivity contribution in [2.45, 2.75) is 27.7 Å².